The molecule has 6 heteroatoms. The Morgan fingerprint density at radius 3 is 2.87 bits per heavy atom. The lowest BCUT2D eigenvalue weighted by molar-refractivity contribution is 0.378. The van der Waals surface area contributed by atoms with Crippen LogP contribution in [-0.4, -0.2) is 41.5 Å². The van der Waals surface area contributed by atoms with Crippen LogP contribution in [0.4, 0.5) is 21.8 Å². The van der Waals surface area contributed by atoms with Crippen molar-refractivity contribution in [3.63, 3.8) is 0 Å². The minimum absolute atomic E-state index is 0.0317. The molecule has 1 aromatic carbocycles. The molecule has 1 saturated heterocycles. The van der Waals surface area contributed by atoms with Crippen LogP contribution in [0.2, 0.25) is 0 Å². The fraction of sp³-hybridized carbons (Fsp3) is 0.412. The number of aromatic nitrogens is 2. The first-order valence-corrected chi connectivity index (χ1v) is 7.84. The van der Waals surface area contributed by atoms with Crippen molar-refractivity contribution in [2.45, 2.75) is 18.8 Å². The van der Waals surface area contributed by atoms with Crippen molar-refractivity contribution in [1.82, 2.24) is 14.9 Å². The maximum Gasteiger partial charge on any atom is 0.222 e. The zero-order chi connectivity index (χ0) is 16.2. The quantitative estimate of drug-likeness (QED) is 0.875. The van der Waals surface area contributed by atoms with Gasteiger partial charge in [0.25, 0.3) is 0 Å². The normalized spacial score (nSPS) is 23.7. The third-order valence-electron chi connectivity index (χ3n) is 5.02. The first kappa shape index (κ1) is 14.4. The highest BCUT2D eigenvalue weighted by Gasteiger charge is 2.47. The zero-order valence-corrected chi connectivity index (χ0v) is 13.4. The predicted octanol–water partition coefficient (Wildman–Crippen LogP) is 2.23. The van der Waals surface area contributed by atoms with E-state index in [1.54, 1.807) is 0 Å². The Morgan fingerprint density at radius 1 is 1.30 bits per heavy atom. The van der Waals surface area contributed by atoms with Gasteiger partial charge in [0.15, 0.2) is 11.6 Å². The molecule has 0 aliphatic carbocycles. The smallest absolute Gasteiger partial charge is 0.222 e. The molecular weight excluding hydrogens is 293 g/mol. The minimum Gasteiger partial charge on any atom is -0.368 e. The highest BCUT2D eigenvalue weighted by atomic mass is 19.1. The van der Waals surface area contributed by atoms with Crippen molar-refractivity contribution >= 4 is 17.5 Å². The Hall–Kier alpha value is -2.21. The SMILES string of the molecule is Cc1ccc2c(c1)N(c1nc(N)ncc1F)CC21CCN(C)C1. The summed E-state index contributed by atoms with van der Waals surface area (Å²) in [6.45, 7) is 4.80. The third-order valence-corrected chi connectivity index (χ3v) is 5.02. The molecule has 120 valence electrons. The second-order valence-electron chi connectivity index (χ2n) is 6.77. The van der Waals surface area contributed by atoms with Crippen molar-refractivity contribution in [1.29, 1.82) is 0 Å². The Balaban J connectivity index is 1.87. The van der Waals surface area contributed by atoms with Gasteiger partial charge in [0.1, 0.15) is 0 Å². The molecule has 2 aliphatic heterocycles. The first-order chi connectivity index (χ1) is 11.0. The van der Waals surface area contributed by atoms with E-state index in [9.17, 15) is 4.39 Å². The summed E-state index contributed by atoms with van der Waals surface area (Å²) < 4.78 is 14.3. The maximum atomic E-state index is 14.3. The van der Waals surface area contributed by atoms with Gasteiger partial charge < -0.3 is 15.5 Å². The molecule has 0 bridgehead atoms. The molecule has 3 heterocycles. The Bertz CT molecular complexity index is 778. The van der Waals surface area contributed by atoms with Crippen LogP contribution in [0.1, 0.15) is 17.5 Å². The standard InChI is InChI=1S/C17H20FN5/c1-11-3-4-12-14(7-11)23(10-17(12)5-6-22(2)9-17)15-13(18)8-20-16(19)21-15/h3-4,7-8H,5-6,9-10H2,1-2H3,(H2,19,20,21). The van der Waals surface area contributed by atoms with Crippen molar-refractivity contribution in [3.8, 4) is 0 Å². The highest BCUT2D eigenvalue weighted by molar-refractivity contribution is 5.72. The lowest BCUT2D eigenvalue weighted by Crippen LogP contribution is -2.34. The number of nitrogens with two attached hydrogens (primary N) is 1. The molecule has 1 aromatic heterocycles. The van der Waals surface area contributed by atoms with Gasteiger partial charge in [0, 0.05) is 24.2 Å². The third kappa shape index (κ3) is 2.16. The van der Waals surface area contributed by atoms with E-state index in [1.165, 1.54) is 5.56 Å². The number of likely N-dealkylation sites (tertiary alicyclic amines) is 1. The van der Waals surface area contributed by atoms with Crippen molar-refractivity contribution < 1.29 is 4.39 Å². The summed E-state index contributed by atoms with van der Waals surface area (Å²) >= 11 is 0. The van der Waals surface area contributed by atoms with Gasteiger partial charge in [0.05, 0.1) is 6.20 Å². The monoisotopic (exact) mass is 313 g/mol. The number of rotatable bonds is 1. The van der Waals surface area contributed by atoms with Crippen LogP contribution in [0, 0.1) is 12.7 Å². The molecule has 4 rings (SSSR count). The maximum absolute atomic E-state index is 14.3. The van der Waals surface area contributed by atoms with Crippen LogP contribution in [0.15, 0.2) is 24.4 Å². The molecule has 0 radical (unpaired) electrons. The molecule has 23 heavy (non-hydrogen) atoms. The molecule has 0 saturated carbocycles. The van der Waals surface area contributed by atoms with Gasteiger partial charge in [-0.05, 0) is 44.1 Å². The number of aryl methyl sites for hydroxylation is 1. The molecule has 1 unspecified atom stereocenters. The van der Waals surface area contributed by atoms with Gasteiger partial charge in [-0.25, -0.2) is 9.37 Å². The van der Waals surface area contributed by atoms with E-state index >= 15 is 0 Å². The molecule has 1 spiro atoms. The average molecular weight is 313 g/mol. The van der Waals surface area contributed by atoms with Crippen LogP contribution in [0.25, 0.3) is 0 Å². The topological polar surface area (TPSA) is 58.3 Å². The average Bonchev–Trinajstić information content (AvgIpc) is 3.03. The molecule has 2 aliphatic rings. The van der Waals surface area contributed by atoms with Gasteiger partial charge in [-0.15, -0.1) is 0 Å². The van der Waals surface area contributed by atoms with Gasteiger partial charge in [0.2, 0.25) is 5.95 Å². The Kier molecular flexibility index (Phi) is 3.06. The van der Waals surface area contributed by atoms with Crippen LogP contribution < -0.4 is 10.6 Å². The molecule has 1 atom stereocenters. The van der Waals surface area contributed by atoms with Crippen molar-refractivity contribution in [2.24, 2.45) is 0 Å². The van der Waals surface area contributed by atoms with Crippen LogP contribution >= 0.6 is 0 Å². The number of benzene rings is 1. The molecule has 2 aromatic rings. The lowest BCUT2D eigenvalue weighted by atomic mass is 9.81. The predicted molar refractivity (Wildman–Crippen MR) is 88.4 cm³/mol. The van der Waals surface area contributed by atoms with Gasteiger partial charge >= 0.3 is 0 Å². The number of halogens is 1. The van der Waals surface area contributed by atoms with Crippen LogP contribution in [0.5, 0.6) is 0 Å². The van der Waals surface area contributed by atoms with E-state index in [-0.39, 0.29) is 17.2 Å². The molecule has 2 N–H and O–H groups in total. The number of likely N-dealkylation sites (N-methyl/N-ethyl adjacent to an activating group) is 1. The summed E-state index contributed by atoms with van der Waals surface area (Å²) in [5, 5.41) is 0. The molecule has 5 nitrogen and oxygen atoms in total. The van der Waals surface area contributed by atoms with E-state index in [0.717, 1.165) is 43.5 Å². The number of fused-ring (bicyclic) bond motifs is 2. The second kappa shape index (κ2) is 4.89. The van der Waals surface area contributed by atoms with Crippen LogP contribution in [-0.2, 0) is 5.41 Å². The summed E-state index contributed by atoms with van der Waals surface area (Å²) in [6, 6.07) is 6.43. The van der Waals surface area contributed by atoms with E-state index in [2.05, 4.69) is 47.0 Å². The number of hydrogen-bond donors (Lipinski definition) is 1. The Morgan fingerprint density at radius 2 is 2.13 bits per heavy atom. The summed E-state index contributed by atoms with van der Waals surface area (Å²) in [5.74, 6) is -0.0640. The van der Waals surface area contributed by atoms with Crippen LogP contribution in [0.3, 0.4) is 0 Å². The zero-order valence-electron chi connectivity index (χ0n) is 13.4. The van der Waals surface area contributed by atoms with E-state index < -0.39 is 5.82 Å². The highest BCUT2D eigenvalue weighted by Crippen LogP contribution is 2.49. The van der Waals surface area contributed by atoms with E-state index in [1.807, 2.05) is 4.90 Å². The lowest BCUT2D eigenvalue weighted by Gasteiger charge is -2.25. The summed E-state index contributed by atoms with van der Waals surface area (Å²) in [7, 11) is 2.13. The van der Waals surface area contributed by atoms with Gasteiger partial charge in [-0.1, -0.05) is 12.1 Å². The fourth-order valence-corrected chi connectivity index (χ4v) is 3.96. The largest absolute Gasteiger partial charge is 0.368 e. The summed E-state index contributed by atoms with van der Waals surface area (Å²) in [5.41, 5.74) is 9.19. The van der Waals surface area contributed by atoms with Crippen molar-refractivity contribution in [3.05, 3.63) is 41.3 Å². The Labute approximate surface area is 134 Å². The molecular formula is C17H20FN5. The van der Waals surface area contributed by atoms with Gasteiger partial charge in [-0.2, -0.15) is 4.98 Å². The minimum atomic E-state index is -0.435. The number of hydrogen-bond acceptors (Lipinski definition) is 5. The molecule has 1 fully saturated rings. The van der Waals surface area contributed by atoms with E-state index in [0.29, 0.717) is 0 Å². The van der Waals surface area contributed by atoms with Crippen molar-refractivity contribution in [2.75, 3.05) is 37.3 Å². The number of nitrogens with zero attached hydrogens (tertiary/aromatic N) is 4. The summed E-state index contributed by atoms with van der Waals surface area (Å²) in [4.78, 5) is 12.2. The number of anilines is 3. The number of nitrogen functional groups attached to an aromatic ring is 1. The van der Waals surface area contributed by atoms with Gasteiger partial charge in [-0.3, -0.25) is 0 Å². The fourth-order valence-electron chi connectivity index (χ4n) is 3.96. The first-order valence-electron chi connectivity index (χ1n) is 7.84. The van der Waals surface area contributed by atoms with E-state index in [4.69, 9.17) is 5.73 Å². The summed E-state index contributed by atoms with van der Waals surface area (Å²) in [6.07, 6.45) is 2.22. The second-order valence-corrected chi connectivity index (χ2v) is 6.77. The molecule has 0 amide bonds.